The van der Waals surface area contributed by atoms with Crippen molar-refractivity contribution < 1.29 is 0 Å². The Kier molecular flexibility index (Phi) is 3.56. The van der Waals surface area contributed by atoms with Crippen molar-refractivity contribution in [2.75, 3.05) is 0 Å². The summed E-state index contributed by atoms with van der Waals surface area (Å²) in [4.78, 5) is 0. The minimum Gasteiger partial charge on any atom is -0.0616 e. The van der Waals surface area contributed by atoms with Gasteiger partial charge in [-0.2, -0.15) is 0 Å². The van der Waals surface area contributed by atoms with Crippen molar-refractivity contribution in [2.45, 2.75) is 19.3 Å². The lowest BCUT2D eigenvalue weighted by atomic mass is 9.81. The van der Waals surface area contributed by atoms with Crippen molar-refractivity contribution in [3.8, 4) is 22.3 Å². The Labute approximate surface area is 204 Å². The lowest BCUT2D eigenvalue weighted by Gasteiger charge is -2.22. The predicted molar refractivity (Wildman–Crippen MR) is 151 cm³/mol. The van der Waals surface area contributed by atoms with Crippen molar-refractivity contribution in [3.63, 3.8) is 0 Å². The van der Waals surface area contributed by atoms with E-state index in [-0.39, 0.29) is 5.41 Å². The molecule has 0 fully saturated rings. The van der Waals surface area contributed by atoms with Gasteiger partial charge in [-0.1, -0.05) is 117 Å². The van der Waals surface area contributed by atoms with Crippen LogP contribution < -0.4 is 0 Å². The smallest absolute Gasteiger partial charge is 0.0159 e. The Morgan fingerprint density at radius 3 is 1.97 bits per heavy atom. The highest BCUT2D eigenvalue weighted by Crippen LogP contribution is 2.52. The van der Waals surface area contributed by atoms with Gasteiger partial charge in [0, 0.05) is 5.41 Å². The minimum atomic E-state index is -0.0332. The third-order valence-corrected chi connectivity index (χ3v) is 8.40. The number of hydrogen-bond donors (Lipinski definition) is 0. The van der Waals surface area contributed by atoms with E-state index < -0.39 is 0 Å². The molecule has 0 saturated carbocycles. The molecule has 0 heteroatoms. The Morgan fingerprint density at radius 1 is 0.457 bits per heavy atom. The van der Waals surface area contributed by atoms with Crippen LogP contribution in [0.2, 0.25) is 0 Å². The lowest BCUT2D eigenvalue weighted by Crippen LogP contribution is -2.15. The van der Waals surface area contributed by atoms with Crippen LogP contribution in [0.1, 0.15) is 25.0 Å². The summed E-state index contributed by atoms with van der Waals surface area (Å²) >= 11 is 0. The molecule has 0 amide bonds. The van der Waals surface area contributed by atoms with E-state index >= 15 is 0 Å². The standard InChI is InChI=1S/C35H24/c1-35(2)30-19-15-21-6-3-4-9-27(21)34(30)29-18-14-25(20-31(29)35)26-16-12-24-11-10-22-7-5-8-23-13-17-28(26)33(24)32(22)23/h3-20H,1-2H3. The summed E-state index contributed by atoms with van der Waals surface area (Å²) in [6.07, 6.45) is 0. The molecule has 8 rings (SSSR count). The fourth-order valence-corrected chi connectivity index (χ4v) is 6.66. The van der Waals surface area contributed by atoms with Crippen LogP contribution in [0.5, 0.6) is 0 Å². The van der Waals surface area contributed by atoms with Crippen LogP contribution in [-0.4, -0.2) is 0 Å². The molecule has 0 saturated heterocycles. The number of benzene rings is 7. The largest absolute Gasteiger partial charge is 0.0616 e. The normalized spacial score (nSPS) is 14.2. The van der Waals surface area contributed by atoms with Gasteiger partial charge in [-0.3, -0.25) is 0 Å². The predicted octanol–water partition coefficient (Wildman–Crippen LogP) is 9.71. The zero-order chi connectivity index (χ0) is 23.3. The van der Waals surface area contributed by atoms with Crippen molar-refractivity contribution >= 4 is 43.1 Å². The molecule has 0 radical (unpaired) electrons. The van der Waals surface area contributed by atoms with Gasteiger partial charge in [-0.25, -0.2) is 0 Å². The van der Waals surface area contributed by atoms with E-state index in [9.17, 15) is 0 Å². The quantitative estimate of drug-likeness (QED) is 0.221. The minimum absolute atomic E-state index is 0.0332. The van der Waals surface area contributed by atoms with E-state index in [1.807, 2.05) is 0 Å². The van der Waals surface area contributed by atoms with Crippen molar-refractivity contribution in [1.82, 2.24) is 0 Å². The molecule has 0 N–H and O–H groups in total. The fraction of sp³-hybridized carbons (Fsp3) is 0.0857. The molecule has 0 spiro atoms. The van der Waals surface area contributed by atoms with Crippen LogP contribution in [0.25, 0.3) is 65.3 Å². The second-order valence-electron chi connectivity index (χ2n) is 10.6. The van der Waals surface area contributed by atoms with Gasteiger partial charge in [0.15, 0.2) is 0 Å². The van der Waals surface area contributed by atoms with Gasteiger partial charge in [-0.05, 0) is 82.5 Å². The third-order valence-electron chi connectivity index (χ3n) is 8.40. The van der Waals surface area contributed by atoms with Gasteiger partial charge in [0.25, 0.3) is 0 Å². The molecular weight excluding hydrogens is 420 g/mol. The summed E-state index contributed by atoms with van der Waals surface area (Å²) < 4.78 is 0. The summed E-state index contributed by atoms with van der Waals surface area (Å²) in [6.45, 7) is 4.75. The highest BCUT2D eigenvalue weighted by Gasteiger charge is 2.36. The Hall–Kier alpha value is -4.16. The lowest BCUT2D eigenvalue weighted by molar-refractivity contribution is 0.661. The van der Waals surface area contributed by atoms with E-state index in [2.05, 4.69) is 123 Å². The van der Waals surface area contributed by atoms with Gasteiger partial charge < -0.3 is 0 Å². The molecule has 0 heterocycles. The van der Waals surface area contributed by atoms with Crippen molar-refractivity contribution in [2.24, 2.45) is 0 Å². The first-order valence-electron chi connectivity index (χ1n) is 12.5. The maximum atomic E-state index is 2.45. The maximum Gasteiger partial charge on any atom is 0.0159 e. The first-order valence-corrected chi connectivity index (χ1v) is 12.5. The van der Waals surface area contributed by atoms with Gasteiger partial charge in [0.2, 0.25) is 0 Å². The van der Waals surface area contributed by atoms with Crippen molar-refractivity contribution in [3.05, 3.63) is 120 Å². The molecule has 164 valence electrons. The maximum absolute atomic E-state index is 2.45. The summed E-state index contributed by atoms with van der Waals surface area (Å²) in [7, 11) is 0. The molecule has 0 aromatic heterocycles. The van der Waals surface area contributed by atoms with E-state index in [0.29, 0.717) is 0 Å². The SMILES string of the molecule is CC1(C)c2cc(-c3ccc4ccc5cccc6ccc3c4c56)ccc2-c2c1ccc1ccccc21. The van der Waals surface area contributed by atoms with E-state index in [1.165, 1.54) is 76.5 Å². The van der Waals surface area contributed by atoms with Gasteiger partial charge in [0.1, 0.15) is 0 Å². The molecule has 0 aliphatic heterocycles. The summed E-state index contributed by atoms with van der Waals surface area (Å²) in [5, 5.41) is 10.7. The van der Waals surface area contributed by atoms with Crippen LogP contribution in [0.4, 0.5) is 0 Å². The Balaban J connectivity index is 1.41. The zero-order valence-electron chi connectivity index (χ0n) is 19.9. The third kappa shape index (κ3) is 2.42. The molecule has 0 unspecified atom stereocenters. The highest BCUT2D eigenvalue weighted by molar-refractivity contribution is 6.25. The van der Waals surface area contributed by atoms with E-state index in [0.717, 1.165) is 0 Å². The average molecular weight is 445 g/mol. The molecule has 1 aliphatic rings. The monoisotopic (exact) mass is 444 g/mol. The van der Waals surface area contributed by atoms with Gasteiger partial charge >= 0.3 is 0 Å². The highest BCUT2D eigenvalue weighted by atomic mass is 14.4. The van der Waals surface area contributed by atoms with Crippen LogP contribution in [0.3, 0.4) is 0 Å². The number of rotatable bonds is 1. The average Bonchev–Trinajstić information content (AvgIpc) is 3.13. The van der Waals surface area contributed by atoms with Crippen LogP contribution in [0.15, 0.2) is 109 Å². The number of hydrogen-bond acceptors (Lipinski definition) is 0. The molecule has 0 bridgehead atoms. The van der Waals surface area contributed by atoms with Gasteiger partial charge in [0.05, 0.1) is 0 Å². The molecule has 0 atom stereocenters. The summed E-state index contributed by atoms with van der Waals surface area (Å²) in [5.74, 6) is 0. The number of fused-ring (bicyclic) bond motifs is 5. The molecular formula is C35H24. The fourth-order valence-electron chi connectivity index (χ4n) is 6.66. The first-order chi connectivity index (χ1) is 17.1. The van der Waals surface area contributed by atoms with Crippen LogP contribution in [-0.2, 0) is 5.41 Å². The molecule has 35 heavy (non-hydrogen) atoms. The van der Waals surface area contributed by atoms with Crippen LogP contribution in [0, 0.1) is 0 Å². The summed E-state index contributed by atoms with van der Waals surface area (Å²) in [5.41, 5.74) is 8.22. The van der Waals surface area contributed by atoms with E-state index in [1.54, 1.807) is 0 Å². The Morgan fingerprint density at radius 2 is 1.11 bits per heavy atom. The summed E-state index contributed by atoms with van der Waals surface area (Å²) in [6, 6.07) is 40.9. The molecule has 7 aromatic carbocycles. The molecule has 7 aromatic rings. The van der Waals surface area contributed by atoms with Crippen LogP contribution >= 0.6 is 0 Å². The second kappa shape index (κ2) is 6.49. The molecule has 0 nitrogen and oxygen atoms in total. The first kappa shape index (κ1) is 19.2. The van der Waals surface area contributed by atoms with E-state index in [4.69, 9.17) is 0 Å². The molecule has 1 aliphatic carbocycles. The van der Waals surface area contributed by atoms with Gasteiger partial charge in [-0.15, -0.1) is 0 Å². The second-order valence-corrected chi connectivity index (χ2v) is 10.6. The Bertz CT molecular complexity index is 1950. The topological polar surface area (TPSA) is 0 Å². The zero-order valence-corrected chi connectivity index (χ0v) is 19.9. The van der Waals surface area contributed by atoms with Crippen molar-refractivity contribution in [1.29, 1.82) is 0 Å².